The molecule has 1 rings (SSSR count). The van der Waals surface area contributed by atoms with Crippen molar-refractivity contribution < 1.29 is 0 Å². The molecule has 0 fully saturated rings. The van der Waals surface area contributed by atoms with Crippen LogP contribution in [0.3, 0.4) is 0 Å². The van der Waals surface area contributed by atoms with E-state index in [2.05, 4.69) is 41.0 Å². The van der Waals surface area contributed by atoms with Gasteiger partial charge in [-0.2, -0.15) is 0 Å². The fraction of sp³-hybridized carbons (Fsp3) is 0.714. The van der Waals surface area contributed by atoms with Crippen LogP contribution in [0.15, 0.2) is 6.07 Å². The normalized spacial score (nSPS) is 10.4. The van der Waals surface area contributed by atoms with Gasteiger partial charge in [-0.1, -0.05) is 20.3 Å². The van der Waals surface area contributed by atoms with E-state index >= 15 is 0 Å². The molecule has 1 heterocycles. The molecule has 1 aromatic heterocycles. The van der Waals surface area contributed by atoms with Crippen LogP contribution >= 0.6 is 0 Å². The number of aryl methyl sites for hydroxylation is 1. The fourth-order valence-electron chi connectivity index (χ4n) is 1.89. The van der Waals surface area contributed by atoms with Crippen LogP contribution in [-0.2, 0) is 6.42 Å². The standard InChI is InChI=1S/C14H26N4/c1-5-8-10-18(7-3)14-11-13(15-4)16-12(17-14)9-6-2/h11H,5-10H2,1-4H3,(H,15,16,17). The summed E-state index contributed by atoms with van der Waals surface area (Å²) in [6, 6.07) is 2.04. The minimum Gasteiger partial charge on any atom is -0.373 e. The van der Waals surface area contributed by atoms with Crippen molar-refractivity contribution in [2.24, 2.45) is 0 Å². The van der Waals surface area contributed by atoms with E-state index < -0.39 is 0 Å². The molecule has 0 bridgehead atoms. The van der Waals surface area contributed by atoms with Crippen LogP contribution in [0.25, 0.3) is 0 Å². The van der Waals surface area contributed by atoms with Crippen molar-refractivity contribution in [1.29, 1.82) is 0 Å². The molecule has 0 aliphatic rings. The summed E-state index contributed by atoms with van der Waals surface area (Å²) in [6.45, 7) is 8.61. The molecule has 0 amide bonds. The van der Waals surface area contributed by atoms with Crippen LogP contribution in [-0.4, -0.2) is 30.1 Å². The van der Waals surface area contributed by atoms with Crippen molar-refractivity contribution in [3.8, 4) is 0 Å². The highest BCUT2D eigenvalue weighted by Crippen LogP contribution is 2.17. The van der Waals surface area contributed by atoms with Gasteiger partial charge in [0.25, 0.3) is 0 Å². The molecule has 18 heavy (non-hydrogen) atoms. The predicted octanol–water partition coefficient (Wildman–Crippen LogP) is 3.10. The molecule has 0 saturated heterocycles. The summed E-state index contributed by atoms with van der Waals surface area (Å²) in [7, 11) is 1.91. The number of hydrogen-bond acceptors (Lipinski definition) is 4. The molecule has 0 radical (unpaired) electrons. The summed E-state index contributed by atoms with van der Waals surface area (Å²) in [6.07, 6.45) is 4.43. The van der Waals surface area contributed by atoms with Gasteiger partial charge >= 0.3 is 0 Å². The Hall–Kier alpha value is -1.32. The van der Waals surface area contributed by atoms with E-state index in [1.54, 1.807) is 0 Å². The Kier molecular flexibility index (Phi) is 6.47. The zero-order valence-corrected chi connectivity index (χ0v) is 12.2. The first kappa shape index (κ1) is 14.7. The Morgan fingerprint density at radius 2 is 1.94 bits per heavy atom. The second-order valence-electron chi connectivity index (χ2n) is 4.46. The zero-order valence-electron chi connectivity index (χ0n) is 12.2. The number of aromatic nitrogens is 2. The number of nitrogens with zero attached hydrogens (tertiary/aromatic N) is 3. The van der Waals surface area contributed by atoms with Gasteiger partial charge in [0.1, 0.15) is 17.5 Å². The molecule has 4 nitrogen and oxygen atoms in total. The number of anilines is 2. The highest BCUT2D eigenvalue weighted by atomic mass is 15.2. The maximum atomic E-state index is 4.67. The molecule has 0 saturated carbocycles. The Morgan fingerprint density at radius 1 is 1.17 bits per heavy atom. The molecule has 0 aliphatic carbocycles. The first-order chi connectivity index (χ1) is 8.74. The van der Waals surface area contributed by atoms with Crippen molar-refractivity contribution in [3.63, 3.8) is 0 Å². The molecule has 0 atom stereocenters. The molecule has 102 valence electrons. The van der Waals surface area contributed by atoms with Crippen molar-refractivity contribution in [3.05, 3.63) is 11.9 Å². The molecular weight excluding hydrogens is 224 g/mol. The Balaban J connectivity index is 2.93. The molecule has 0 spiro atoms. The lowest BCUT2D eigenvalue weighted by molar-refractivity contribution is 0.716. The van der Waals surface area contributed by atoms with E-state index in [0.717, 1.165) is 43.4 Å². The van der Waals surface area contributed by atoms with Gasteiger partial charge in [0, 0.05) is 32.6 Å². The molecule has 1 N–H and O–H groups in total. The maximum Gasteiger partial charge on any atom is 0.134 e. The minimum absolute atomic E-state index is 0.915. The van der Waals surface area contributed by atoms with Gasteiger partial charge in [0.15, 0.2) is 0 Å². The molecule has 4 heteroatoms. The molecule has 0 aromatic carbocycles. The van der Waals surface area contributed by atoms with E-state index in [9.17, 15) is 0 Å². The molecular formula is C14H26N4. The monoisotopic (exact) mass is 250 g/mol. The third-order valence-electron chi connectivity index (χ3n) is 2.98. The summed E-state index contributed by atoms with van der Waals surface area (Å²) in [5.74, 6) is 2.90. The summed E-state index contributed by atoms with van der Waals surface area (Å²) in [5, 5.41) is 3.12. The number of unbranched alkanes of at least 4 members (excludes halogenated alkanes) is 1. The largest absolute Gasteiger partial charge is 0.373 e. The predicted molar refractivity (Wildman–Crippen MR) is 78.4 cm³/mol. The van der Waals surface area contributed by atoms with E-state index in [4.69, 9.17) is 0 Å². The van der Waals surface area contributed by atoms with Crippen molar-refractivity contribution >= 4 is 11.6 Å². The topological polar surface area (TPSA) is 41.0 Å². The van der Waals surface area contributed by atoms with Gasteiger partial charge in [0.05, 0.1) is 0 Å². The van der Waals surface area contributed by atoms with Gasteiger partial charge in [-0.05, 0) is 19.8 Å². The van der Waals surface area contributed by atoms with Crippen LogP contribution in [0.5, 0.6) is 0 Å². The smallest absolute Gasteiger partial charge is 0.134 e. The van der Waals surface area contributed by atoms with Crippen LogP contribution in [0.2, 0.25) is 0 Å². The number of rotatable bonds is 8. The Morgan fingerprint density at radius 3 is 2.50 bits per heavy atom. The summed E-state index contributed by atoms with van der Waals surface area (Å²) < 4.78 is 0. The second kappa shape index (κ2) is 7.90. The quantitative estimate of drug-likeness (QED) is 0.769. The third-order valence-corrected chi connectivity index (χ3v) is 2.98. The van der Waals surface area contributed by atoms with Crippen LogP contribution in [0.4, 0.5) is 11.6 Å². The number of nitrogens with one attached hydrogen (secondary N) is 1. The van der Waals surface area contributed by atoms with Crippen molar-refractivity contribution in [2.45, 2.75) is 46.5 Å². The lowest BCUT2D eigenvalue weighted by Gasteiger charge is -2.22. The first-order valence-corrected chi connectivity index (χ1v) is 7.05. The van der Waals surface area contributed by atoms with Crippen LogP contribution in [0.1, 0.15) is 45.9 Å². The van der Waals surface area contributed by atoms with E-state index in [-0.39, 0.29) is 0 Å². The Bertz CT molecular complexity index is 352. The minimum atomic E-state index is 0.915. The zero-order chi connectivity index (χ0) is 13.4. The molecule has 0 aliphatic heterocycles. The van der Waals surface area contributed by atoms with Gasteiger partial charge < -0.3 is 10.2 Å². The van der Waals surface area contributed by atoms with E-state index in [1.807, 2.05) is 13.1 Å². The van der Waals surface area contributed by atoms with Crippen LogP contribution in [0, 0.1) is 0 Å². The highest BCUT2D eigenvalue weighted by Gasteiger charge is 2.09. The van der Waals surface area contributed by atoms with Gasteiger partial charge in [-0.25, -0.2) is 9.97 Å². The fourth-order valence-corrected chi connectivity index (χ4v) is 1.89. The third kappa shape index (κ3) is 4.17. The lowest BCUT2D eigenvalue weighted by Crippen LogP contribution is -2.25. The maximum absolute atomic E-state index is 4.67. The van der Waals surface area contributed by atoms with E-state index in [1.165, 1.54) is 12.8 Å². The first-order valence-electron chi connectivity index (χ1n) is 7.05. The Labute approximate surface area is 111 Å². The number of hydrogen-bond donors (Lipinski definition) is 1. The SMILES string of the molecule is CCCCN(CC)c1cc(NC)nc(CCC)n1. The highest BCUT2D eigenvalue weighted by molar-refractivity contribution is 5.49. The summed E-state index contributed by atoms with van der Waals surface area (Å²) in [5.41, 5.74) is 0. The van der Waals surface area contributed by atoms with E-state index in [0.29, 0.717) is 0 Å². The second-order valence-corrected chi connectivity index (χ2v) is 4.46. The summed E-state index contributed by atoms with van der Waals surface area (Å²) >= 11 is 0. The van der Waals surface area contributed by atoms with Gasteiger partial charge in [0.2, 0.25) is 0 Å². The average Bonchev–Trinajstić information content (AvgIpc) is 2.39. The molecule has 1 aromatic rings. The van der Waals surface area contributed by atoms with Gasteiger partial charge in [-0.3, -0.25) is 0 Å². The lowest BCUT2D eigenvalue weighted by atomic mass is 10.3. The average molecular weight is 250 g/mol. The molecule has 0 unspecified atom stereocenters. The van der Waals surface area contributed by atoms with Crippen molar-refractivity contribution in [2.75, 3.05) is 30.4 Å². The summed E-state index contributed by atoms with van der Waals surface area (Å²) in [4.78, 5) is 11.5. The van der Waals surface area contributed by atoms with Crippen LogP contribution < -0.4 is 10.2 Å². The van der Waals surface area contributed by atoms with Crippen molar-refractivity contribution in [1.82, 2.24) is 9.97 Å². The van der Waals surface area contributed by atoms with Gasteiger partial charge in [-0.15, -0.1) is 0 Å².